The maximum absolute atomic E-state index is 11.7. The van der Waals surface area contributed by atoms with Crippen molar-refractivity contribution in [2.24, 2.45) is 0 Å². The highest BCUT2D eigenvalue weighted by Crippen LogP contribution is 2.25. The topological polar surface area (TPSA) is 75.6 Å². The lowest BCUT2D eigenvalue weighted by atomic mass is 10.3. The molecule has 102 valence electrons. The lowest BCUT2D eigenvalue weighted by Gasteiger charge is -2.09. The normalized spacial score (nSPS) is 11.3. The fraction of sp³-hybridized carbons (Fsp3) is 0.455. The van der Waals surface area contributed by atoms with E-state index in [1.807, 2.05) is 0 Å². The summed E-state index contributed by atoms with van der Waals surface area (Å²) in [6, 6.07) is 5.00. The number of aliphatic hydroxyl groups is 1. The predicted molar refractivity (Wildman–Crippen MR) is 74.4 cm³/mol. The molecule has 1 aromatic rings. The molecule has 0 unspecified atom stereocenters. The Hall–Kier alpha value is -0.790. The van der Waals surface area contributed by atoms with Gasteiger partial charge in [-0.1, -0.05) is 15.9 Å². The van der Waals surface area contributed by atoms with Crippen LogP contribution in [0.25, 0.3) is 0 Å². The summed E-state index contributed by atoms with van der Waals surface area (Å²) in [5.41, 5.74) is 0.449. The number of halogens is 1. The molecule has 0 saturated carbocycles. The van der Waals surface area contributed by atoms with Crippen molar-refractivity contribution in [3.8, 4) is 5.75 Å². The molecule has 1 rings (SSSR count). The Bertz CT molecular complexity index is 490. The van der Waals surface area contributed by atoms with E-state index < -0.39 is 10.0 Å². The quantitative estimate of drug-likeness (QED) is 0.746. The molecule has 0 amide bonds. The number of sulfonamides is 1. The number of ether oxygens (including phenoxy) is 1. The number of methoxy groups -OCH3 is 1. The minimum absolute atomic E-state index is 0.000226. The van der Waals surface area contributed by atoms with E-state index in [0.717, 1.165) is 4.47 Å². The molecule has 0 aromatic heterocycles. The van der Waals surface area contributed by atoms with Gasteiger partial charge in [0, 0.05) is 17.1 Å². The van der Waals surface area contributed by atoms with Crippen LogP contribution in [-0.4, -0.2) is 33.0 Å². The molecule has 0 aliphatic heterocycles. The molecule has 0 aliphatic carbocycles. The van der Waals surface area contributed by atoms with Crippen molar-refractivity contribution in [1.82, 2.24) is 0 Å². The van der Waals surface area contributed by atoms with Gasteiger partial charge in [0.05, 0.1) is 18.6 Å². The summed E-state index contributed by atoms with van der Waals surface area (Å²) in [6.07, 6.45) is 0.902. The number of benzene rings is 1. The van der Waals surface area contributed by atoms with Crippen molar-refractivity contribution >= 4 is 31.6 Å². The second-order valence-electron chi connectivity index (χ2n) is 3.73. The van der Waals surface area contributed by atoms with E-state index in [2.05, 4.69) is 20.7 Å². The van der Waals surface area contributed by atoms with Crippen LogP contribution < -0.4 is 9.46 Å². The fourth-order valence-electron chi connectivity index (χ4n) is 1.37. The van der Waals surface area contributed by atoms with Crippen LogP contribution in [0.1, 0.15) is 12.8 Å². The average molecular weight is 338 g/mol. The second-order valence-corrected chi connectivity index (χ2v) is 6.49. The average Bonchev–Trinajstić information content (AvgIpc) is 2.27. The first kappa shape index (κ1) is 15.3. The molecule has 2 N–H and O–H groups in total. The minimum Gasteiger partial charge on any atom is -0.497 e. The second kappa shape index (κ2) is 6.96. The van der Waals surface area contributed by atoms with E-state index in [1.54, 1.807) is 18.2 Å². The molecule has 0 radical (unpaired) electrons. The van der Waals surface area contributed by atoms with Gasteiger partial charge >= 0.3 is 0 Å². The van der Waals surface area contributed by atoms with Crippen LogP contribution in [0, 0.1) is 0 Å². The van der Waals surface area contributed by atoms with Gasteiger partial charge in [-0.3, -0.25) is 4.72 Å². The van der Waals surface area contributed by atoms with Gasteiger partial charge in [-0.05, 0) is 25.0 Å². The lowest BCUT2D eigenvalue weighted by Crippen LogP contribution is -2.17. The number of aliphatic hydroxyl groups excluding tert-OH is 1. The summed E-state index contributed by atoms with van der Waals surface area (Å²) in [5.74, 6) is 0.556. The molecule has 18 heavy (non-hydrogen) atoms. The summed E-state index contributed by atoms with van der Waals surface area (Å²) in [4.78, 5) is 0. The zero-order chi connectivity index (χ0) is 13.6. The molecule has 0 bridgehead atoms. The number of nitrogens with one attached hydrogen (secondary N) is 1. The van der Waals surface area contributed by atoms with E-state index >= 15 is 0 Å². The summed E-state index contributed by atoms with van der Waals surface area (Å²) in [7, 11) is -1.87. The van der Waals surface area contributed by atoms with E-state index in [-0.39, 0.29) is 12.4 Å². The fourth-order valence-corrected chi connectivity index (χ4v) is 3.01. The maximum Gasteiger partial charge on any atom is 0.232 e. The molecule has 1 aromatic carbocycles. The first-order valence-electron chi connectivity index (χ1n) is 5.43. The zero-order valence-corrected chi connectivity index (χ0v) is 12.4. The Labute approximate surface area is 115 Å². The number of anilines is 1. The molecule has 0 fully saturated rings. The van der Waals surface area contributed by atoms with Gasteiger partial charge in [0.15, 0.2) is 0 Å². The van der Waals surface area contributed by atoms with E-state index in [0.29, 0.717) is 24.3 Å². The molecule has 0 saturated heterocycles. The molecule has 5 nitrogen and oxygen atoms in total. The number of rotatable bonds is 7. The summed E-state index contributed by atoms with van der Waals surface area (Å²) in [5, 5.41) is 8.62. The number of unbranched alkanes of at least 4 members (excludes halogenated alkanes) is 1. The highest BCUT2D eigenvalue weighted by molar-refractivity contribution is 9.10. The minimum atomic E-state index is -3.39. The predicted octanol–water partition coefficient (Wildman–Crippen LogP) is 1.97. The Balaban J connectivity index is 2.74. The van der Waals surface area contributed by atoms with Gasteiger partial charge in [0.2, 0.25) is 10.0 Å². The molecule has 7 heteroatoms. The van der Waals surface area contributed by atoms with Crippen LogP contribution in [0.5, 0.6) is 5.75 Å². The third kappa shape index (κ3) is 5.24. The number of hydrogen-bond acceptors (Lipinski definition) is 4. The van der Waals surface area contributed by atoms with Crippen molar-refractivity contribution in [2.45, 2.75) is 12.8 Å². The first-order chi connectivity index (χ1) is 8.46. The summed E-state index contributed by atoms with van der Waals surface area (Å²) in [6.45, 7) is 0.000226. The Morgan fingerprint density at radius 1 is 1.33 bits per heavy atom. The van der Waals surface area contributed by atoms with Crippen LogP contribution in [-0.2, 0) is 10.0 Å². The Morgan fingerprint density at radius 2 is 2.06 bits per heavy atom. The van der Waals surface area contributed by atoms with Crippen molar-refractivity contribution in [3.05, 3.63) is 22.7 Å². The van der Waals surface area contributed by atoms with Crippen LogP contribution in [0.15, 0.2) is 22.7 Å². The smallest absolute Gasteiger partial charge is 0.232 e. The Kier molecular flexibility index (Phi) is 5.90. The van der Waals surface area contributed by atoms with E-state index in [4.69, 9.17) is 9.84 Å². The van der Waals surface area contributed by atoms with Gasteiger partial charge in [-0.15, -0.1) is 0 Å². The zero-order valence-electron chi connectivity index (χ0n) is 10.0. The van der Waals surface area contributed by atoms with Gasteiger partial charge in [0.1, 0.15) is 5.75 Å². The van der Waals surface area contributed by atoms with Gasteiger partial charge in [0.25, 0.3) is 0 Å². The third-order valence-corrected chi connectivity index (χ3v) is 4.03. The molecular formula is C11H16BrNO4S. The largest absolute Gasteiger partial charge is 0.497 e. The standard InChI is InChI=1S/C11H16BrNO4S/c1-17-11-7-9(12)6-10(8-11)13-18(15,16)5-3-2-4-14/h6-8,13-14H,2-5H2,1H3. The van der Waals surface area contributed by atoms with Gasteiger partial charge in [-0.2, -0.15) is 0 Å². The van der Waals surface area contributed by atoms with Gasteiger partial charge < -0.3 is 9.84 Å². The first-order valence-corrected chi connectivity index (χ1v) is 7.87. The van der Waals surface area contributed by atoms with Crippen LogP contribution in [0.3, 0.4) is 0 Å². The molecule has 0 heterocycles. The van der Waals surface area contributed by atoms with Crippen LogP contribution >= 0.6 is 15.9 Å². The monoisotopic (exact) mass is 337 g/mol. The highest BCUT2D eigenvalue weighted by Gasteiger charge is 2.11. The molecule has 0 atom stereocenters. The van der Waals surface area contributed by atoms with E-state index in [1.165, 1.54) is 7.11 Å². The summed E-state index contributed by atoms with van der Waals surface area (Å²) < 4.78 is 31.7. The summed E-state index contributed by atoms with van der Waals surface area (Å²) >= 11 is 3.28. The van der Waals surface area contributed by atoms with Crippen molar-refractivity contribution < 1.29 is 18.3 Å². The number of hydrogen-bond donors (Lipinski definition) is 2. The molecular weight excluding hydrogens is 322 g/mol. The SMILES string of the molecule is COc1cc(Br)cc(NS(=O)(=O)CCCCO)c1. The van der Waals surface area contributed by atoms with E-state index in [9.17, 15) is 8.42 Å². The maximum atomic E-state index is 11.7. The van der Waals surface area contributed by atoms with Crippen molar-refractivity contribution in [1.29, 1.82) is 0 Å². The van der Waals surface area contributed by atoms with Crippen molar-refractivity contribution in [3.63, 3.8) is 0 Å². The van der Waals surface area contributed by atoms with Gasteiger partial charge in [-0.25, -0.2) is 8.42 Å². The third-order valence-electron chi connectivity index (χ3n) is 2.20. The molecule has 0 spiro atoms. The molecule has 0 aliphatic rings. The van der Waals surface area contributed by atoms with Crippen LogP contribution in [0.2, 0.25) is 0 Å². The Morgan fingerprint density at radius 3 is 2.67 bits per heavy atom. The highest BCUT2D eigenvalue weighted by atomic mass is 79.9. The van der Waals surface area contributed by atoms with Crippen molar-refractivity contribution in [2.75, 3.05) is 24.2 Å². The van der Waals surface area contributed by atoms with Crippen LogP contribution in [0.4, 0.5) is 5.69 Å². The lowest BCUT2D eigenvalue weighted by molar-refractivity contribution is 0.287.